The summed E-state index contributed by atoms with van der Waals surface area (Å²) in [5.41, 5.74) is 1.98. The van der Waals surface area contributed by atoms with Crippen molar-refractivity contribution >= 4 is 0 Å². The molecule has 1 N–H and O–H groups in total. The maximum Gasteiger partial charge on any atom is 0.0947 e. The average molecular weight is 284 g/mol. The van der Waals surface area contributed by atoms with Gasteiger partial charge in [0.1, 0.15) is 0 Å². The predicted octanol–water partition coefficient (Wildman–Crippen LogP) is 3.27. The molecule has 0 saturated heterocycles. The third kappa shape index (κ3) is 4.13. The maximum atomic E-state index is 10.7. The third-order valence-corrected chi connectivity index (χ3v) is 3.79. The van der Waals surface area contributed by atoms with Crippen LogP contribution >= 0.6 is 0 Å². The van der Waals surface area contributed by atoms with E-state index in [1.807, 2.05) is 55.6 Å². The minimum Gasteiger partial charge on any atom is -0.387 e. The normalized spacial score (nSPS) is 14.4. The Bertz CT molecular complexity index is 527. The van der Waals surface area contributed by atoms with Gasteiger partial charge in [-0.25, -0.2) is 0 Å². The van der Waals surface area contributed by atoms with Gasteiger partial charge in [0.15, 0.2) is 0 Å². The van der Waals surface area contributed by atoms with Crippen molar-refractivity contribution in [3.8, 4) is 0 Å². The highest BCUT2D eigenvalue weighted by molar-refractivity contribution is 5.19. The lowest BCUT2D eigenvalue weighted by Crippen LogP contribution is -2.40. The highest BCUT2D eigenvalue weighted by atomic mass is 16.3. The van der Waals surface area contributed by atoms with Crippen molar-refractivity contribution in [3.05, 3.63) is 66.0 Å². The highest BCUT2D eigenvalue weighted by Crippen LogP contribution is 2.26. The zero-order valence-electron chi connectivity index (χ0n) is 13.0. The van der Waals surface area contributed by atoms with Crippen molar-refractivity contribution in [2.45, 2.75) is 32.5 Å². The molecule has 2 rings (SSSR count). The zero-order chi connectivity index (χ0) is 15.2. The summed E-state index contributed by atoms with van der Waals surface area (Å²) in [5.74, 6) is 0.342. The molecular formula is C18H24N2O. The second-order valence-corrected chi connectivity index (χ2v) is 5.83. The molecule has 0 aliphatic rings. The van der Waals surface area contributed by atoms with Gasteiger partial charge in [0.25, 0.3) is 0 Å². The quantitative estimate of drug-likeness (QED) is 0.884. The van der Waals surface area contributed by atoms with E-state index in [0.29, 0.717) is 5.92 Å². The molecule has 0 spiro atoms. The molecule has 0 bridgehead atoms. The Morgan fingerprint density at radius 2 is 1.71 bits per heavy atom. The monoisotopic (exact) mass is 284 g/mol. The maximum absolute atomic E-state index is 10.7. The van der Waals surface area contributed by atoms with Gasteiger partial charge in [0.05, 0.1) is 11.8 Å². The summed E-state index contributed by atoms with van der Waals surface area (Å²) in [6.07, 6.45) is 1.31. The Morgan fingerprint density at radius 1 is 1.05 bits per heavy atom. The average Bonchev–Trinajstić information content (AvgIpc) is 2.49. The Balaban J connectivity index is 2.15. The van der Waals surface area contributed by atoms with E-state index in [2.05, 4.69) is 23.7 Å². The fourth-order valence-electron chi connectivity index (χ4n) is 2.81. The van der Waals surface area contributed by atoms with E-state index in [4.69, 9.17) is 0 Å². The lowest BCUT2D eigenvalue weighted by Gasteiger charge is -2.35. The number of nitrogens with zero attached hydrogens (tertiary/aromatic N) is 2. The van der Waals surface area contributed by atoms with Gasteiger partial charge >= 0.3 is 0 Å². The van der Waals surface area contributed by atoms with Crippen molar-refractivity contribution in [1.82, 2.24) is 9.88 Å². The fourth-order valence-corrected chi connectivity index (χ4v) is 2.81. The number of aliphatic hydroxyl groups is 1. The smallest absolute Gasteiger partial charge is 0.0947 e. The molecular weight excluding hydrogens is 260 g/mol. The molecule has 0 saturated carbocycles. The van der Waals surface area contributed by atoms with Crippen LogP contribution in [-0.2, 0) is 6.54 Å². The standard InChI is InChI=1S/C18H24N2O/c1-14(2)17(18(21)15-9-5-4-6-10-15)20(3)13-16-11-7-8-12-19-16/h4-12,14,17-18,21H,13H2,1-3H3. The molecule has 0 amide bonds. The Hall–Kier alpha value is -1.71. The molecule has 21 heavy (non-hydrogen) atoms. The van der Waals surface area contributed by atoms with Gasteiger partial charge < -0.3 is 5.11 Å². The molecule has 0 aliphatic heterocycles. The van der Waals surface area contributed by atoms with E-state index in [-0.39, 0.29) is 6.04 Å². The lowest BCUT2D eigenvalue weighted by atomic mass is 9.92. The molecule has 0 radical (unpaired) electrons. The third-order valence-electron chi connectivity index (χ3n) is 3.79. The summed E-state index contributed by atoms with van der Waals surface area (Å²) in [6.45, 7) is 5.02. The first-order valence-electron chi connectivity index (χ1n) is 7.42. The minimum atomic E-state index is -0.500. The highest BCUT2D eigenvalue weighted by Gasteiger charge is 2.28. The first kappa shape index (κ1) is 15.7. The van der Waals surface area contributed by atoms with E-state index in [1.54, 1.807) is 6.20 Å². The molecule has 3 heteroatoms. The van der Waals surface area contributed by atoms with Crippen LogP contribution in [0.3, 0.4) is 0 Å². The van der Waals surface area contributed by atoms with Gasteiger partial charge in [-0.05, 0) is 30.7 Å². The van der Waals surface area contributed by atoms with E-state index in [0.717, 1.165) is 17.8 Å². The molecule has 1 aromatic heterocycles. The number of hydrogen-bond acceptors (Lipinski definition) is 3. The first-order chi connectivity index (χ1) is 10.1. The number of hydrogen-bond donors (Lipinski definition) is 1. The lowest BCUT2D eigenvalue weighted by molar-refractivity contribution is 0.0319. The number of aliphatic hydroxyl groups excluding tert-OH is 1. The molecule has 0 aliphatic carbocycles. The number of likely N-dealkylation sites (N-methyl/N-ethyl adjacent to an activating group) is 1. The Morgan fingerprint density at radius 3 is 2.29 bits per heavy atom. The minimum absolute atomic E-state index is 0.0504. The van der Waals surface area contributed by atoms with Crippen LogP contribution in [-0.4, -0.2) is 28.1 Å². The SMILES string of the molecule is CC(C)C(C(O)c1ccccc1)N(C)Cc1ccccn1. The molecule has 2 atom stereocenters. The largest absolute Gasteiger partial charge is 0.387 e. The van der Waals surface area contributed by atoms with E-state index >= 15 is 0 Å². The van der Waals surface area contributed by atoms with Gasteiger partial charge in [0, 0.05) is 18.8 Å². The second-order valence-electron chi connectivity index (χ2n) is 5.83. The van der Waals surface area contributed by atoms with Crippen LogP contribution in [0.2, 0.25) is 0 Å². The van der Waals surface area contributed by atoms with E-state index in [9.17, 15) is 5.11 Å². The summed E-state index contributed by atoms with van der Waals surface area (Å²) in [7, 11) is 2.05. The van der Waals surface area contributed by atoms with Crippen LogP contribution in [0.15, 0.2) is 54.7 Å². The van der Waals surface area contributed by atoms with Gasteiger partial charge in [-0.3, -0.25) is 9.88 Å². The van der Waals surface area contributed by atoms with Crippen LogP contribution < -0.4 is 0 Å². The first-order valence-corrected chi connectivity index (χ1v) is 7.42. The summed E-state index contributed by atoms with van der Waals surface area (Å²) in [5, 5.41) is 10.7. The second kappa shape index (κ2) is 7.34. The van der Waals surface area contributed by atoms with Crippen LogP contribution in [0, 0.1) is 5.92 Å². The number of benzene rings is 1. The summed E-state index contributed by atoms with van der Waals surface area (Å²) in [6, 6.07) is 15.8. The van der Waals surface area contributed by atoms with Gasteiger partial charge in [0.2, 0.25) is 0 Å². The van der Waals surface area contributed by atoms with Crippen molar-refractivity contribution in [2.24, 2.45) is 5.92 Å². The molecule has 2 aromatic rings. The summed E-state index contributed by atoms with van der Waals surface area (Å²) < 4.78 is 0. The van der Waals surface area contributed by atoms with Crippen LogP contribution in [0.25, 0.3) is 0 Å². The van der Waals surface area contributed by atoms with Gasteiger partial charge in [-0.15, -0.1) is 0 Å². The predicted molar refractivity (Wildman–Crippen MR) is 85.7 cm³/mol. The molecule has 1 heterocycles. The Labute approximate surface area is 127 Å². The molecule has 3 nitrogen and oxygen atoms in total. The molecule has 112 valence electrons. The van der Waals surface area contributed by atoms with Crippen LogP contribution in [0.4, 0.5) is 0 Å². The number of rotatable bonds is 6. The van der Waals surface area contributed by atoms with Crippen LogP contribution in [0.1, 0.15) is 31.2 Å². The van der Waals surface area contributed by atoms with Crippen molar-refractivity contribution < 1.29 is 5.11 Å². The molecule has 1 aromatic carbocycles. The molecule has 2 unspecified atom stereocenters. The molecule has 0 fully saturated rings. The van der Waals surface area contributed by atoms with Crippen molar-refractivity contribution in [2.75, 3.05) is 7.05 Å². The van der Waals surface area contributed by atoms with Crippen molar-refractivity contribution in [3.63, 3.8) is 0 Å². The fraction of sp³-hybridized carbons (Fsp3) is 0.389. The summed E-state index contributed by atoms with van der Waals surface area (Å²) >= 11 is 0. The van der Waals surface area contributed by atoms with Gasteiger partial charge in [-0.2, -0.15) is 0 Å². The number of aromatic nitrogens is 1. The van der Waals surface area contributed by atoms with Crippen LogP contribution in [0.5, 0.6) is 0 Å². The van der Waals surface area contributed by atoms with Gasteiger partial charge in [-0.1, -0.05) is 50.2 Å². The Kier molecular flexibility index (Phi) is 5.48. The topological polar surface area (TPSA) is 36.4 Å². The van der Waals surface area contributed by atoms with E-state index < -0.39 is 6.10 Å². The zero-order valence-corrected chi connectivity index (χ0v) is 13.0. The van der Waals surface area contributed by atoms with E-state index in [1.165, 1.54) is 0 Å². The van der Waals surface area contributed by atoms with Crippen molar-refractivity contribution in [1.29, 1.82) is 0 Å². The summed E-state index contributed by atoms with van der Waals surface area (Å²) in [4.78, 5) is 6.55. The number of pyridine rings is 1.